The molecule has 7 heteroatoms. The van der Waals surface area contributed by atoms with E-state index in [1.54, 1.807) is 18.2 Å². The Bertz CT molecular complexity index is 998. The molecule has 0 aliphatic heterocycles. The van der Waals surface area contributed by atoms with Crippen LogP contribution in [-0.4, -0.2) is 22.0 Å². The third kappa shape index (κ3) is 4.16. The Hall–Kier alpha value is -2.54. The molecular formula is C19H16BrF2N3O. The molecule has 0 atom stereocenters. The zero-order valence-corrected chi connectivity index (χ0v) is 15.6. The van der Waals surface area contributed by atoms with Crippen LogP contribution in [-0.2, 0) is 18.3 Å². The number of benzene rings is 2. The molecular weight excluding hydrogens is 404 g/mol. The zero-order valence-electron chi connectivity index (χ0n) is 14.0. The number of carbonyl (C=O) groups excluding carboxylic acids is 1. The minimum absolute atomic E-state index is 0.325. The Morgan fingerprint density at radius 2 is 2.08 bits per heavy atom. The Balaban J connectivity index is 1.59. The van der Waals surface area contributed by atoms with Crippen LogP contribution in [0.15, 0.2) is 46.9 Å². The fourth-order valence-electron chi connectivity index (χ4n) is 2.61. The number of hydrogen-bond acceptors (Lipinski definition) is 2. The van der Waals surface area contributed by atoms with Crippen molar-refractivity contribution in [2.45, 2.75) is 6.42 Å². The average Bonchev–Trinajstić information content (AvgIpc) is 2.91. The quantitative estimate of drug-likeness (QED) is 0.635. The molecule has 0 unspecified atom stereocenters. The summed E-state index contributed by atoms with van der Waals surface area (Å²) in [6.07, 6.45) is 3.21. The first-order chi connectivity index (χ1) is 12.4. The summed E-state index contributed by atoms with van der Waals surface area (Å²) in [5.74, 6) is -0.313. The lowest BCUT2D eigenvalue weighted by atomic mass is 10.2. The van der Waals surface area contributed by atoms with Crippen LogP contribution in [0.25, 0.3) is 17.1 Å². The summed E-state index contributed by atoms with van der Waals surface area (Å²) in [6, 6.07) is 8.96. The molecule has 0 spiro atoms. The molecule has 0 aliphatic rings. The largest absolute Gasteiger partial charge is 0.352 e. The smallest absolute Gasteiger partial charge is 0.244 e. The molecule has 134 valence electrons. The minimum Gasteiger partial charge on any atom is -0.352 e. The lowest BCUT2D eigenvalue weighted by Gasteiger charge is -2.03. The van der Waals surface area contributed by atoms with E-state index in [0.29, 0.717) is 24.0 Å². The Morgan fingerprint density at radius 3 is 2.88 bits per heavy atom. The van der Waals surface area contributed by atoms with Crippen molar-refractivity contribution in [2.75, 3.05) is 6.54 Å². The molecule has 4 nitrogen and oxygen atoms in total. The van der Waals surface area contributed by atoms with E-state index in [-0.39, 0.29) is 11.7 Å². The molecule has 0 aliphatic carbocycles. The summed E-state index contributed by atoms with van der Waals surface area (Å²) in [7, 11) is 1.85. The maximum atomic E-state index is 13.6. The van der Waals surface area contributed by atoms with E-state index in [1.165, 1.54) is 30.4 Å². The number of halogens is 3. The summed E-state index contributed by atoms with van der Waals surface area (Å²) in [6.45, 7) is 0.365. The highest BCUT2D eigenvalue weighted by molar-refractivity contribution is 9.10. The van der Waals surface area contributed by atoms with Crippen molar-refractivity contribution in [3.63, 3.8) is 0 Å². The number of nitrogens with one attached hydrogen (secondary N) is 1. The first-order valence-corrected chi connectivity index (χ1v) is 8.75. The van der Waals surface area contributed by atoms with Gasteiger partial charge in [-0.2, -0.15) is 0 Å². The van der Waals surface area contributed by atoms with E-state index in [0.717, 1.165) is 15.8 Å². The molecule has 1 amide bonds. The highest BCUT2D eigenvalue weighted by Crippen LogP contribution is 2.17. The van der Waals surface area contributed by atoms with E-state index in [2.05, 4.69) is 26.2 Å². The second kappa shape index (κ2) is 7.78. The van der Waals surface area contributed by atoms with Crippen molar-refractivity contribution in [1.82, 2.24) is 14.9 Å². The van der Waals surface area contributed by atoms with Crippen LogP contribution >= 0.6 is 15.9 Å². The zero-order chi connectivity index (χ0) is 18.7. The van der Waals surface area contributed by atoms with E-state index < -0.39 is 5.82 Å². The molecule has 0 bridgehead atoms. The first kappa shape index (κ1) is 18.3. The standard InChI is InChI=1S/C19H16BrF2N3O/c1-25-17-6-4-14(21)11-16(17)24-18(25)8-9-23-19(26)7-2-12-10-13(20)3-5-15(12)22/h2-7,10-11H,8-9H2,1H3,(H,23,26). The van der Waals surface area contributed by atoms with Gasteiger partial charge in [0, 0.05) is 42.2 Å². The maximum absolute atomic E-state index is 13.6. The van der Waals surface area contributed by atoms with Crippen LogP contribution in [0.2, 0.25) is 0 Å². The lowest BCUT2D eigenvalue weighted by Crippen LogP contribution is -2.24. The van der Waals surface area contributed by atoms with Crippen molar-refractivity contribution in [3.8, 4) is 0 Å². The van der Waals surface area contributed by atoms with Crippen LogP contribution in [0.4, 0.5) is 8.78 Å². The van der Waals surface area contributed by atoms with Gasteiger partial charge in [0.1, 0.15) is 17.5 Å². The van der Waals surface area contributed by atoms with Crippen LogP contribution in [0.3, 0.4) is 0 Å². The first-order valence-electron chi connectivity index (χ1n) is 7.96. The Labute approximate surface area is 157 Å². The van der Waals surface area contributed by atoms with Crippen molar-refractivity contribution in [2.24, 2.45) is 7.05 Å². The fraction of sp³-hybridized carbons (Fsp3) is 0.158. The van der Waals surface area contributed by atoms with Gasteiger partial charge in [0.2, 0.25) is 5.91 Å². The van der Waals surface area contributed by atoms with Gasteiger partial charge in [0.15, 0.2) is 0 Å². The van der Waals surface area contributed by atoms with Gasteiger partial charge in [-0.05, 0) is 36.4 Å². The number of aromatic nitrogens is 2. The Kier molecular flexibility index (Phi) is 5.46. The van der Waals surface area contributed by atoms with Gasteiger partial charge < -0.3 is 9.88 Å². The van der Waals surface area contributed by atoms with Crippen molar-refractivity contribution in [3.05, 3.63) is 70.0 Å². The topological polar surface area (TPSA) is 46.9 Å². The number of imidazole rings is 1. The Morgan fingerprint density at radius 1 is 1.27 bits per heavy atom. The number of carbonyl (C=O) groups is 1. The summed E-state index contributed by atoms with van der Waals surface area (Å²) >= 11 is 3.26. The van der Waals surface area contributed by atoms with Crippen LogP contribution in [0.5, 0.6) is 0 Å². The number of rotatable bonds is 5. The minimum atomic E-state index is -0.399. The van der Waals surface area contributed by atoms with Gasteiger partial charge in [0.25, 0.3) is 0 Å². The van der Waals surface area contributed by atoms with Gasteiger partial charge in [-0.15, -0.1) is 0 Å². The van der Waals surface area contributed by atoms with E-state index >= 15 is 0 Å². The molecule has 1 aromatic heterocycles. The number of fused-ring (bicyclic) bond motifs is 1. The molecule has 3 rings (SSSR count). The van der Waals surface area contributed by atoms with Gasteiger partial charge >= 0.3 is 0 Å². The van der Waals surface area contributed by atoms with Gasteiger partial charge in [0.05, 0.1) is 11.0 Å². The molecule has 2 aromatic carbocycles. The second-order valence-corrected chi connectivity index (χ2v) is 6.68. The number of nitrogens with zero attached hydrogens (tertiary/aromatic N) is 2. The second-order valence-electron chi connectivity index (χ2n) is 5.76. The van der Waals surface area contributed by atoms with Crippen LogP contribution in [0, 0.1) is 11.6 Å². The molecule has 0 saturated carbocycles. The van der Waals surface area contributed by atoms with Crippen molar-refractivity contribution >= 4 is 38.9 Å². The monoisotopic (exact) mass is 419 g/mol. The van der Waals surface area contributed by atoms with E-state index in [4.69, 9.17) is 0 Å². The molecule has 1 heterocycles. The molecule has 0 saturated heterocycles. The molecule has 1 N–H and O–H groups in total. The van der Waals surface area contributed by atoms with Crippen LogP contribution < -0.4 is 5.32 Å². The molecule has 26 heavy (non-hydrogen) atoms. The third-order valence-electron chi connectivity index (χ3n) is 3.96. The van der Waals surface area contributed by atoms with Crippen molar-refractivity contribution < 1.29 is 13.6 Å². The van der Waals surface area contributed by atoms with E-state index in [9.17, 15) is 13.6 Å². The average molecular weight is 420 g/mol. The SMILES string of the molecule is Cn1c(CCNC(=O)C=Cc2cc(Br)ccc2F)nc2cc(F)ccc21. The maximum Gasteiger partial charge on any atom is 0.244 e. The van der Waals surface area contributed by atoms with Gasteiger partial charge in [-0.25, -0.2) is 13.8 Å². The number of amides is 1. The van der Waals surface area contributed by atoms with Gasteiger partial charge in [-0.1, -0.05) is 15.9 Å². The predicted molar refractivity (Wildman–Crippen MR) is 101 cm³/mol. The third-order valence-corrected chi connectivity index (χ3v) is 4.45. The molecule has 3 aromatic rings. The fourth-order valence-corrected chi connectivity index (χ4v) is 2.99. The molecule has 0 fully saturated rings. The summed E-state index contributed by atoms with van der Waals surface area (Å²) in [5, 5.41) is 2.73. The van der Waals surface area contributed by atoms with E-state index in [1.807, 2.05) is 11.6 Å². The summed E-state index contributed by atoms with van der Waals surface area (Å²) < 4.78 is 29.5. The number of aryl methyl sites for hydroxylation is 1. The molecule has 0 radical (unpaired) electrons. The number of hydrogen-bond donors (Lipinski definition) is 1. The summed E-state index contributed by atoms with van der Waals surface area (Å²) in [4.78, 5) is 16.3. The normalized spacial score (nSPS) is 11.4. The van der Waals surface area contributed by atoms with Gasteiger partial charge in [-0.3, -0.25) is 4.79 Å². The van der Waals surface area contributed by atoms with Crippen molar-refractivity contribution in [1.29, 1.82) is 0 Å². The van der Waals surface area contributed by atoms with Crippen LogP contribution in [0.1, 0.15) is 11.4 Å². The summed E-state index contributed by atoms with van der Waals surface area (Å²) in [5.41, 5.74) is 1.74. The lowest BCUT2D eigenvalue weighted by molar-refractivity contribution is -0.116. The highest BCUT2D eigenvalue weighted by Gasteiger charge is 2.08. The predicted octanol–water partition coefficient (Wildman–Crippen LogP) is 3.99. The highest BCUT2D eigenvalue weighted by atomic mass is 79.9.